The number of nitro groups is 1. The zero-order chi connectivity index (χ0) is 12.0. The smallest absolute Gasteiger partial charge is 0.264 e. The molecule has 1 aliphatic rings. The molecule has 0 aromatic heterocycles. The van der Waals surface area contributed by atoms with Crippen molar-refractivity contribution < 1.29 is 9.66 Å². The Morgan fingerprint density at radius 2 is 2.50 bits per heavy atom. The van der Waals surface area contributed by atoms with E-state index in [0.29, 0.717) is 5.92 Å². The van der Waals surface area contributed by atoms with Gasteiger partial charge < -0.3 is 9.64 Å². The Bertz CT molecular complexity index is 265. The van der Waals surface area contributed by atoms with Gasteiger partial charge in [0.15, 0.2) is 0 Å². The third kappa shape index (κ3) is 4.02. The molecule has 0 aliphatic carbocycles. The van der Waals surface area contributed by atoms with Gasteiger partial charge >= 0.3 is 0 Å². The van der Waals surface area contributed by atoms with Gasteiger partial charge in [-0.1, -0.05) is 0 Å². The van der Waals surface area contributed by atoms with Crippen LogP contribution in [0.5, 0.6) is 0 Å². The maximum Gasteiger partial charge on any atom is 0.264 e. The van der Waals surface area contributed by atoms with Crippen LogP contribution in [0.4, 0.5) is 0 Å². The summed E-state index contributed by atoms with van der Waals surface area (Å²) in [6.45, 7) is 5.24. The summed E-state index contributed by atoms with van der Waals surface area (Å²) < 4.78 is 5.31. The van der Waals surface area contributed by atoms with E-state index < -0.39 is 0 Å². The van der Waals surface area contributed by atoms with E-state index in [0.717, 1.165) is 44.0 Å². The lowest BCUT2D eigenvalue weighted by Gasteiger charge is -2.25. The van der Waals surface area contributed by atoms with Gasteiger partial charge in [0.25, 0.3) is 6.20 Å². The van der Waals surface area contributed by atoms with Crippen LogP contribution in [-0.2, 0) is 4.74 Å². The normalized spacial score (nSPS) is 21.1. The van der Waals surface area contributed by atoms with Crippen LogP contribution in [0, 0.1) is 16.0 Å². The van der Waals surface area contributed by atoms with Crippen molar-refractivity contribution in [3.8, 4) is 0 Å². The first kappa shape index (κ1) is 13.3. The number of hydrogen-bond acceptors (Lipinski definition) is 5. The Balaban J connectivity index is 2.59. The van der Waals surface area contributed by atoms with Crippen LogP contribution in [-0.4, -0.2) is 42.4 Å². The lowest BCUT2D eigenvalue weighted by Crippen LogP contribution is -2.28. The van der Waals surface area contributed by atoms with Crippen molar-refractivity contribution in [2.45, 2.75) is 13.3 Å². The molecule has 1 atom stereocenters. The monoisotopic (exact) mass is 246 g/mol. The standard InChI is InChI=1S/C10H18N2O3S/c1-3-11(6-9-4-5-15-8-9)10(16-2)7-12(13)14/h7,9H,3-6,8H2,1-2H3. The van der Waals surface area contributed by atoms with E-state index in [4.69, 9.17) is 4.74 Å². The molecule has 0 bridgehead atoms. The Morgan fingerprint density at radius 1 is 1.75 bits per heavy atom. The first-order chi connectivity index (χ1) is 7.67. The lowest BCUT2D eigenvalue weighted by atomic mass is 10.1. The highest BCUT2D eigenvalue weighted by Crippen LogP contribution is 2.21. The Labute approximate surface area is 100.0 Å². The van der Waals surface area contributed by atoms with E-state index >= 15 is 0 Å². The summed E-state index contributed by atoms with van der Waals surface area (Å²) in [5, 5.41) is 11.2. The minimum absolute atomic E-state index is 0.389. The molecule has 1 fully saturated rings. The molecule has 16 heavy (non-hydrogen) atoms. The zero-order valence-corrected chi connectivity index (χ0v) is 10.5. The Kier molecular flexibility index (Phi) is 5.62. The molecule has 6 heteroatoms. The Morgan fingerprint density at radius 3 is 2.94 bits per heavy atom. The van der Waals surface area contributed by atoms with Crippen molar-refractivity contribution in [2.24, 2.45) is 5.92 Å². The van der Waals surface area contributed by atoms with E-state index in [1.54, 1.807) is 0 Å². The second kappa shape index (κ2) is 6.75. The van der Waals surface area contributed by atoms with Gasteiger partial charge in [-0.15, -0.1) is 11.8 Å². The predicted octanol–water partition coefficient (Wildman–Crippen LogP) is 1.78. The quantitative estimate of drug-likeness (QED) is 0.528. The molecule has 0 N–H and O–H groups in total. The average Bonchev–Trinajstić information content (AvgIpc) is 2.75. The van der Waals surface area contributed by atoms with Crippen LogP contribution in [0.1, 0.15) is 13.3 Å². The van der Waals surface area contributed by atoms with Crippen molar-refractivity contribution in [1.29, 1.82) is 0 Å². The summed E-state index contributed by atoms with van der Waals surface area (Å²) >= 11 is 1.42. The van der Waals surface area contributed by atoms with E-state index in [1.165, 1.54) is 11.8 Å². The van der Waals surface area contributed by atoms with Gasteiger partial charge in [-0.05, 0) is 19.6 Å². The summed E-state index contributed by atoms with van der Waals surface area (Å²) in [6.07, 6.45) is 4.00. The minimum Gasteiger partial charge on any atom is -0.381 e. The molecular formula is C10H18N2O3S. The second-order valence-corrected chi connectivity index (χ2v) is 4.55. The van der Waals surface area contributed by atoms with Gasteiger partial charge in [0.1, 0.15) is 5.03 Å². The fraction of sp³-hybridized carbons (Fsp3) is 0.800. The highest BCUT2D eigenvalue weighted by atomic mass is 32.2. The summed E-state index contributed by atoms with van der Waals surface area (Å²) in [6, 6.07) is 0. The second-order valence-electron chi connectivity index (χ2n) is 3.73. The van der Waals surface area contributed by atoms with Crippen molar-refractivity contribution >= 4 is 11.8 Å². The fourth-order valence-corrected chi connectivity index (χ4v) is 2.42. The summed E-state index contributed by atoms with van der Waals surface area (Å²) in [4.78, 5) is 12.1. The molecule has 0 radical (unpaired) electrons. The predicted molar refractivity (Wildman–Crippen MR) is 64.8 cm³/mol. The Hall–Kier alpha value is -0.750. The lowest BCUT2D eigenvalue weighted by molar-refractivity contribution is -0.403. The fourth-order valence-electron chi connectivity index (χ4n) is 1.77. The van der Waals surface area contributed by atoms with Gasteiger partial charge in [-0.2, -0.15) is 0 Å². The first-order valence-corrected chi connectivity index (χ1v) is 6.61. The first-order valence-electron chi connectivity index (χ1n) is 5.39. The van der Waals surface area contributed by atoms with Gasteiger partial charge in [-0.3, -0.25) is 10.1 Å². The van der Waals surface area contributed by atoms with E-state index in [2.05, 4.69) is 0 Å². The van der Waals surface area contributed by atoms with Crippen molar-refractivity contribution in [3.63, 3.8) is 0 Å². The van der Waals surface area contributed by atoms with Gasteiger partial charge in [-0.25, -0.2) is 0 Å². The van der Waals surface area contributed by atoms with Crippen LogP contribution < -0.4 is 0 Å². The molecule has 0 aromatic rings. The largest absolute Gasteiger partial charge is 0.381 e. The van der Waals surface area contributed by atoms with E-state index in [1.807, 2.05) is 18.1 Å². The summed E-state index contributed by atoms with van der Waals surface area (Å²) in [5.41, 5.74) is 0. The third-order valence-corrected chi connectivity index (χ3v) is 3.40. The SMILES string of the molecule is CCN(CC1CCOC1)C(=C[N+](=O)[O-])SC. The third-order valence-electron chi connectivity index (χ3n) is 2.62. The highest BCUT2D eigenvalue weighted by Gasteiger charge is 2.20. The molecule has 0 saturated carbocycles. The van der Waals surface area contributed by atoms with Crippen molar-refractivity contribution in [1.82, 2.24) is 4.90 Å². The van der Waals surface area contributed by atoms with Gasteiger partial charge in [0.2, 0.25) is 0 Å². The van der Waals surface area contributed by atoms with E-state index in [-0.39, 0.29) is 4.92 Å². The summed E-state index contributed by atoms with van der Waals surface area (Å²) in [7, 11) is 0. The molecule has 0 aromatic carbocycles. The average molecular weight is 246 g/mol. The molecule has 1 aliphatic heterocycles. The summed E-state index contributed by atoms with van der Waals surface area (Å²) in [5.74, 6) is 0.502. The molecule has 1 saturated heterocycles. The molecular weight excluding hydrogens is 228 g/mol. The van der Waals surface area contributed by atoms with Crippen molar-refractivity contribution in [3.05, 3.63) is 21.3 Å². The molecule has 1 heterocycles. The number of ether oxygens (including phenoxy) is 1. The molecule has 1 rings (SSSR count). The topological polar surface area (TPSA) is 55.6 Å². The van der Waals surface area contributed by atoms with Crippen LogP contribution in [0.15, 0.2) is 11.2 Å². The number of nitrogens with zero attached hydrogens (tertiary/aromatic N) is 2. The van der Waals surface area contributed by atoms with Crippen LogP contribution in [0.3, 0.4) is 0 Å². The maximum absolute atomic E-state index is 10.5. The molecule has 5 nitrogen and oxygen atoms in total. The maximum atomic E-state index is 10.5. The van der Waals surface area contributed by atoms with Crippen LogP contribution >= 0.6 is 11.8 Å². The zero-order valence-electron chi connectivity index (χ0n) is 9.72. The highest BCUT2D eigenvalue weighted by molar-refractivity contribution is 8.02. The number of hydrogen-bond donors (Lipinski definition) is 0. The molecule has 1 unspecified atom stereocenters. The number of thioether (sulfide) groups is 1. The molecule has 92 valence electrons. The van der Waals surface area contributed by atoms with E-state index in [9.17, 15) is 10.1 Å². The molecule has 0 amide bonds. The minimum atomic E-state index is -0.389. The molecule has 0 spiro atoms. The van der Waals surface area contributed by atoms with Crippen LogP contribution in [0.2, 0.25) is 0 Å². The van der Waals surface area contributed by atoms with Crippen molar-refractivity contribution in [2.75, 3.05) is 32.6 Å². The van der Waals surface area contributed by atoms with Crippen LogP contribution in [0.25, 0.3) is 0 Å². The van der Waals surface area contributed by atoms with Gasteiger partial charge in [0.05, 0.1) is 11.5 Å². The number of rotatable bonds is 6. The van der Waals surface area contributed by atoms with Gasteiger partial charge in [0, 0.05) is 25.6 Å².